The SMILES string of the molecule is Cc1cc(C)n2c(C3CCCC3CN)nnc2n1. The maximum absolute atomic E-state index is 5.86. The van der Waals surface area contributed by atoms with Gasteiger partial charge in [0, 0.05) is 17.3 Å². The molecule has 1 aliphatic rings. The lowest BCUT2D eigenvalue weighted by Crippen LogP contribution is -2.19. The predicted molar refractivity (Wildman–Crippen MR) is 69.4 cm³/mol. The monoisotopic (exact) mass is 245 g/mol. The second-order valence-electron chi connectivity index (χ2n) is 5.27. The van der Waals surface area contributed by atoms with Crippen LogP contribution in [-0.4, -0.2) is 26.1 Å². The molecule has 2 atom stereocenters. The van der Waals surface area contributed by atoms with Crippen LogP contribution in [0.25, 0.3) is 5.78 Å². The number of hydrogen-bond donors (Lipinski definition) is 1. The maximum Gasteiger partial charge on any atom is 0.255 e. The number of nitrogens with two attached hydrogens (primary N) is 1. The van der Waals surface area contributed by atoms with Gasteiger partial charge in [0.2, 0.25) is 0 Å². The predicted octanol–water partition coefficient (Wildman–Crippen LogP) is 1.58. The molecule has 2 aromatic rings. The first kappa shape index (κ1) is 11.6. The zero-order chi connectivity index (χ0) is 12.7. The van der Waals surface area contributed by atoms with Crippen molar-refractivity contribution < 1.29 is 0 Å². The Morgan fingerprint density at radius 3 is 2.94 bits per heavy atom. The number of aryl methyl sites for hydroxylation is 2. The molecule has 0 spiro atoms. The third kappa shape index (κ3) is 1.70. The van der Waals surface area contributed by atoms with E-state index in [1.165, 1.54) is 12.8 Å². The molecule has 0 saturated heterocycles. The first-order valence-electron chi connectivity index (χ1n) is 6.60. The van der Waals surface area contributed by atoms with Gasteiger partial charge in [-0.2, -0.15) is 0 Å². The van der Waals surface area contributed by atoms with Gasteiger partial charge in [-0.25, -0.2) is 4.98 Å². The smallest absolute Gasteiger partial charge is 0.255 e. The summed E-state index contributed by atoms with van der Waals surface area (Å²) < 4.78 is 2.09. The van der Waals surface area contributed by atoms with Crippen molar-refractivity contribution in [2.45, 2.75) is 39.0 Å². The summed E-state index contributed by atoms with van der Waals surface area (Å²) in [5, 5.41) is 8.59. The summed E-state index contributed by atoms with van der Waals surface area (Å²) in [4.78, 5) is 4.44. The Kier molecular flexibility index (Phi) is 2.78. The van der Waals surface area contributed by atoms with Gasteiger partial charge < -0.3 is 5.73 Å². The van der Waals surface area contributed by atoms with Crippen LogP contribution in [-0.2, 0) is 0 Å². The summed E-state index contributed by atoms with van der Waals surface area (Å²) >= 11 is 0. The molecule has 1 saturated carbocycles. The largest absolute Gasteiger partial charge is 0.330 e. The van der Waals surface area contributed by atoms with E-state index in [1.54, 1.807) is 0 Å². The van der Waals surface area contributed by atoms with Crippen LogP contribution in [0.15, 0.2) is 6.07 Å². The number of rotatable bonds is 2. The average Bonchev–Trinajstić information content (AvgIpc) is 2.92. The molecule has 18 heavy (non-hydrogen) atoms. The van der Waals surface area contributed by atoms with Gasteiger partial charge in [-0.3, -0.25) is 4.40 Å². The van der Waals surface area contributed by atoms with Crippen molar-refractivity contribution in [1.82, 2.24) is 19.6 Å². The molecule has 0 aromatic carbocycles. The Morgan fingerprint density at radius 2 is 2.17 bits per heavy atom. The minimum absolute atomic E-state index is 0.438. The Labute approximate surface area is 106 Å². The van der Waals surface area contributed by atoms with Gasteiger partial charge in [0.05, 0.1) is 0 Å². The quantitative estimate of drug-likeness (QED) is 0.872. The summed E-state index contributed by atoms with van der Waals surface area (Å²) in [5.74, 6) is 2.74. The van der Waals surface area contributed by atoms with Crippen LogP contribution in [0.2, 0.25) is 0 Å². The lowest BCUT2D eigenvalue weighted by atomic mass is 9.95. The van der Waals surface area contributed by atoms with E-state index in [0.717, 1.165) is 30.2 Å². The van der Waals surface area contributed by atoms with Crippen LogP contribution < -0.4 is 5.73 Å². The fraction of sp³-hybridized carbons (Fsp3) is 0.615. The van der Waals surface area contributed by atoms with Crippen LogP contribution >= 0.6 is 0 Å². The van der Waals surface area contributed by atoms with Crippen molar-refractivity contribution in [3.63, 3.8) is 0 Å². The lowest BCUT2D eigenvalue weighted by molar-refractivity contribution is 0.473. The lowest BCUT2D eigenvalue weighted by Gasteiger charge is -2.16. The molecule has 1 fully saturated rings. The van der Waals surface area contributed by atoms with Crippen molar-refractivity contribution in [3.8, 4) is 0 Å². The molecule has 1 aliphatic carbocycles. The molecule has 0 radical (unpaired) electrons. The minimum Gasteiger partial charge on any atom is -0.330 e. The Balaban J connectivity index is 2.12. The third-order valence-electron chi connectivity index (χ3n) is 4.01. The van der Waals surface area contributed by atoms with Crippen molar-refractivity contribution in [2.24, 2.45) is 11.7 Å². The van der Waals surface area contributed by atoms with Gasteiger partial charge in [0.25, 0.3) is 5.78 Å². The van der Waals surface area contributed by atoms with Crippen molar-refractivity contribution in [3.05, 3.63) is 23.3 Å². The van der Waals surface area contributed by atoms with E-state index in [-0.39, 0.29) is 0 Å². The summed E-state index contributed by atoms with van der Waals surface area (Å²) in [7, 11) is 0. The molecule has 0 aliphatic heterocycles. The topological polar surface area (TPSA) is 69.1 Å². The van der Waals surface area contributed by atoms with Crippen molar-refractivity contribution >= 4 is 5.78 Å². The fourth-order valence-electron chi connectivity index (χ4n) is 3.15. The highest BCUT2D eigenvalue weighted by Crippen LogP contribution is 2.38. The van der Waals surface area contributed by atoms with Gasteiger partial charge in [0.15, 0.2) is 0 Å². The van der Waals surface area contributed by atoms with Gasteiger partial charge in [0.1, 0.15) is 5.82 Å². The van der Waals surface area contributed by atoms with Gasteiger partial charge in [-0.05, 0) is 45.2 Å². The fourth-order valence-corrected chi connectivity index (χ4v) is 3.15. The normalized spacial score (nSPS) is 23.9. The summed E-state index contributed by atoms with van der Waals surface area (Å²) in [6, 6.07) is 2.08. The standard InChI is InChI=1S/C13H19N5/c1-8-6-9(2)18-12(16-17-13(18)15-8)11-5-3-4-10(11)7-14/h6,10-11H,3-5,7,14H2,1-2H3. The molecular formula is C13H19N5. The van der Waals surface area contributed by atoms with Crippen LogP contribution in [0.5, 0.6) is 0 Å². The van der Waals surface area contributed by atoms with Crippen molar-refractivity contribution in [2.75, 3.05) is 6.54 Å². The van der Waals surface area contributed by atoms with E-state index in [0.29, 0.717) is 17.6 Å². The zero-order valence-electron chi connectivity index (χ0n) is 10.9. The maximum atomic E-state index is 5.86. The highest BCUT2D eigenvalue weighted by Gasteiger charge is 2.31. The Morgan fingerprint density at radius 1 is 1.33 bits per heavy atom. The highest BCUT2D eigenvalue weighted by atomic mass is 15.3. The molecule has 96 valence electrons. The number of nitrogens with zero attached hydrogens (tertiary/aromatic N) is 4. The van der Waals surface area contributed by atoms with E-state index in [4.69, 9.17) is 5.73 Å². The Bertz CT molecular complexity index is 574. The van der Waals surface area contributed by atoms with Crippen LogP contribution in [0.4, 0.5) is 0 Å². The van der Waals surface area contributed by atoms with Gasteiger partial charge >= 0.3 is 0 Å². The molecule has 5 heteroatoms. The zero-order valence-corrected chi connectivity index (χ0v) is 10.9. The molecule has 2 aromatic heterocycles. The van der Waals surface area contributed by atoms with Crippen molar-refractivity contribution in [1.29, 1.82) is 0 Å². The number of fused-ring (bicyclic) bond motifs is 1. The minimum atomic E-state index is 0.438. The summed E-state index contributed by atoms with van der Waals surface area (Å²) in [6.45, 7) is 4.80. The Hall–Kier alpha value is -1.49. The van der Waals surface area contributed by atoms with Crippen LogP contribution in [0, 0.1) is 19.8 Å². The second-order valence-corrected chi connectivity index (χ2v) is 5.27. The van der Waals surface area contributed by atoms with E-state index in [9.17, 15) is 0 Å². The number of aromatic nitrogens is 4. The molecule has 2 N–H and O–H groups in total. The number of hydrogen-bond acceptors (Lipinski definition) is 4. The molecule has 2 unspecified atom stereocenters. The molecule has 0 bridgehead atoms. The first-order chi connectivity index (χ1) is 8.70. The summed E-state index contributed by atoms with van der Waals surface area (Å²) in [5.41, 5.74) is 8.00. The highest BCUT2D eigenvalue weighted by molar-refractivity contribution is 5.33. The molecule has 3 rings (SSSR count). The van der Waals surface area contributed by atoms with E-state index < -0.39 is 0 Å². The molecule has 0 amide bonds. The molecule has 2 heterocycles. The first-order valence-corrected chi connectivity index (χ1v) is 6.60. The van der Waals surface area contributed by atoms with Gasteiger partial charge in [-0.1, -0.05) is 6.42 Å². The average molecular weight is 245 g/mol. The van der Waals surface area contributed by atoms with E-state index in [2.05, 4.69) is 32.6 Å². The van der Waals surface area contributed by atoms with Crippen LogP contribution in [0.1, 0.15) is 42.4 Å². The molecule has 5 nitrogen and oxygen atoms in total. The second kappa shape index (κ2) is 4.31. The summed E-state index contributed by atoms with van der Waals surface area (Å²) in [6.07, 6.45) is 3.60. The van der Waals surface area contributed by atoms with Crippen LogP contribution in [0.3, 0.4) is 0 Å². The van der Waals surface area contributed by atoms with E-state index >= 15 is 0 Å². The third-order valence-corrected chi connectivity index (χ3v) is 4.01. The van der Waals surface area contributed by atoms with Gasteiger partial charge in [-0.15, -0.1) is 10.2 Å². The van der Waals surface area contributed by atoms with E-state index in [1.807, 2.05) is 6.92 Å². The molecular weight excluding hydrogens is 226 g/mol.